The minimum Gasteiger partial charge on any atom is -0.366 e. The van der Waals surface area contributed by atoms with Gasteiger partial charge in [-0.25, -0.2) is 18.1 Å². The predicted molar refractivity (Wildman–Crippen MR) is 134 cm³/mol. The zero-order valence-electron chi connectivity index (χ0n) is 19.0. The molecule has 10 heteroatoms. The first-order valence-corrected chi connectivity index (χ1v) is 13.4. The van der Waals surface area contributed by atoms with Crippen molar-refractivity contribution < 1.29 is 8.42 Å². The Morgan fingerprint density at radius 3 is 2.73 bits per heavy atom. The lowest BCUT2D eigenvalue weighted by Crippen LogP contribution is -2.38. The fourth-order valence-electron chi connectivity index (χ4n) is 4.83. The van der Waals surface area contributed by atoms with Crippen LogP contribution in [0.15, 0.2) is 24.4 Å². The Labute approximate surface area is 202 Å². The molecule has 0 saturated heterocycles. The number of hydrogen-bond acceptors (Lipinski definition) is 7. The van der Waals surface area contributed by atoms with Crippen LogP contribution in [-0.2, 0) is 23.7 Å². The second kappa shape index (κ2) is 11.5. The number of likely N-dealkylation sites (N-methyl/N-ethyl adjacent to an activating group) is 1. The van der Waals surface area contributed by atoms with Crippen molar-refractivity contribution in [1.29, 1.82) is 0 Å². The molecule has 0 radical (unpaired) electrons. The van der Waals surface area contributed by atoms with Crippen molar-refractivity contribution in [2.75, 3.05) is 36.8 Å². The largest absolute Gasteiger partial charge is 0.366 e. The van der Waals surface area contributed by atoms with E-state index in [2.05, 4.69) is 55.3 Å². The van der Waals surface area contributed by atoms with Gasteiger partial charge in [-0.05, 0) is 61.4 Å². The van der Waals surface area contributed by atoms with Crippen molar-refractivity contribution in [3.63, 3.8) is 0 Å². The van der Waals surface area contributed by atoms with Crippen LogP contribution in [0.2, 0.25) is 5.02 Å². The Hall–Kier alpha value is -1.94. The molecule has 2 aromatic rings. The Bertz CT molecular complexity index is 1030. The normalized spacial score (nSPS) is 21.4. The molecule has 1 saturated carbocycles. The Morgan fingerprint density at radius 2 is 1.94 bits per heavy atom. The van der Waals surface area contributed by atoms with Crippen molar-refractivity contribution in [1.82, 2.24) is 19.6 Å². The molecule has 2 aliphatic rings. The smallest absolute Gasteiger partial charge is 0.229 e. The van der Waals surface area contributed by atoms with E-state index in [1.165, 1.54) is 11.1 Å². The number of rotatable bonds is 8. The van der Waals surface area contributed by atoms with Gasteiger partial charge >= 0.3 is 0 Å². The summed E-state index contributed by atoms with van der Waals surface area (Å²) in [6.45, 7) is 5.91. The summed E-state index contributed by atoms with van der Waals surface area (Å²) in [4.78, 5) is 11.5. The van der Waals surface area contributed by atoms with Crippen LogP contribution in [0.4, 0.5) is 17.5 Å². The number of hydrogen-bond donors (Lipinski definition) is 4. The van der Waals surface area contributed by atoms with E-state index in [0.717, 1.165) is 63.8 Å². The SMILES string of the molecule is CCN1CCc2ccc(Nc3ncc(Cl)c(N[C@@H]4CCCC[C@@H]4CN[SH](=O)=O)n3)cc2CC1. The van der Waals surface area contributed by atoms with Crippen LogP contribution in [-0.4, -0.2) is 55.5 Å². The van der Waals surface area contributed by atoms with Crippen LogP contribution in [0.1, 0.15) is 43.7 Å². The molecule has 33 heavy (non-hydrogen) atoms. The average molecular weight is 493 g/mol. The van der Waals surface area contributed by atoms with E-state index in [-0.39, 0.29) is 12.0 Å². The van der Waals surface area contributed by atoms with Crippen molar-refractivity contribution in [2.24, 2.45) is 5.92 Å². The van der Waals surface area contributed by atoms with Crippen LogP contribution in [0.5, 0.6) is 0 Å². The van der Waals surface area contributed by atoms with Crippen LogP contribution in [0.25, 0.3) is 0 Å². The topological polar surface area (TPSA) is 99.2 Å². The Kier molecular flexibility index (Phi) is 8.40. The third-order valence-corrected chi connectivity index (χ3v) is 7.48. The average Bonchev–Trinajstić information content (AvgIpc) is 3.02. The highest BCUT2D eigenvalue weighted by atomic mass is 35.5. The number of anilines is 3. The zero-order chi connectivity index (χ0) is 23.2. The molecule has 2 atom stereocenters. The summed E-state index contributed by atoms with van der Waals surface area (Å²) in [7, 11) is -2.59. The number of nitrogens with one attached hydrogen (secondary N) is 3. The number of nitrogens with zero attached hydrogens (tertiary/aromatic N) is 3. The van der Waals surface area contributed by atoms with Gasteiger partial charge < -0.3 is 15.5 Å². The van der Waals surface area contributed by atoms with Crippen LogP contribution in [0.3, 0.4) is 0 Å². The van der Waals surface area contributed by atoms with Gasteiger partial charge in [0.05, 0.1) is 6.20 Å². The van der Waals surface area contributed by atoms with E-state index in [0.29, 0.717) is 23.3 Å². The first-order valence-electron chi connectivity index (χ1n) is 11.8. The highest BCUT2D eigenvalue weighted by molar-refractivity contribution is 7.70. The van der Waals surface area contributed by atoms with Crippen molar-refractivity contribution in [3.05, 3.63) is 40.5 Å². The molecule has 1 aromatic carbocycles. The summed E-state index contributed by atoms with van der Waals surface area (Å²) in [5.74, 6) is 1.26. The minimum atomic E-state index is -2.59. The first kappa shape index (κ1) is 24.2. The molecule has 1 aliphatic carbocycles. The standard InChI is InChI=1S/C23H33ClN6O2S/c1-2-30-11-9-16-7-8-19(13-17(16)10-12-30)27-23-25-15-20(24)22(29-23)28-21-6-4-3-5-18(21)14-26-33(31)32/h7-8,13,15,18,21,33H,2-6,9-12,14H2,1H3,(H,26,31,32)(H2,25,27,28,29)/t18-,21-/m1/s1. The van der Waals surface area contributed by atoms with Gasteiger partial charge in [0.25, 0.3) is 0 Å². The Morgan fingerprint density at radius 1 is 1.15 bits per heavy atom. The van der Waals surface area contributed by atoms with E-state index in [1.54, 1.807) is 6.20 Å². The van der Waals surface area contributed by atoms with Gasteiger partial charge in [-0.15, -0.1) is 0 Å². The second-order valence-corrected chi connectivity index (χ2v) is 10.1. The molecule has 1 aromatic heterocycles. The van der Waals surface area contributed by atoms with Gasteiger partial charge in [0, 0.05) is 31.4 Å². The predicted octanol–water partition coefficient (Wildman–Crippen LogP) is 3.38. The monoisotopic (exact) mass is 492 g/mol. The number of halogens is 1. The summed E-state index contributed by atoms with van der Waals surface area (Å²) in [6.07, 6.45) is 7.82. The highest BCUT2D eigenvalue weighted by Crippen LogP contribution is 2.30. The van der Waals surface area contributed by atoms with Crippen molar-refractivity contribution in [2.45, 2.75) is 51.5 Å². The maximum absolute atomic E-state index is 11.0. The van der Waals surface area contributed by atoms with Crippen molar-refractivity contribution in [3.8, 4) is 0 Å². The van der Waals surface area contributed by atoms with Gasteiger partial charge in [-0.3, -0.25) is 0 Å². The van der Waals surface area contributed by atoms with Crippen molar-refractivity contribution >= 4 is 39.9 Å². The Balaban J connectivity index is 1.46. The molecular formula is C23H33ClN6O2S. The maximum atomic E-state index is 11.0. The molecule has 0 bridgehead atoms. The van der Waals surface area contributed by atoms with E-state index in [9.17, 15) is 8.42 Å². The van der Waals surface area contributed by atoms with E-state index < -0.39 is 10.9 Å². The second-order valence-electron chi connectivity index (χ2n) is 8.85. The summed E-state index contributed by atoms with van der Waals surface area (Å²) in [5.41, 5.74) is 3.75. The quantitative estimate of drug-likeness (QED) is 0.419. The van der Waals surface area contributed by atoms with Gasteiger partial charge in [0.15, 0.2) is 5.82 Å². The van der Waals surface area contributed by atoms with Crippen LogP contribution in [0, 0.1) is 5.92 Å². The molecule has 0 spiro atoms. The molecular weight excluding hydrogens is 460 g/mol. The number of fused-ring (bicyclic) bond motifs is 1. The number of aromatic nitrogens is 2. The molecule has 1 fully saturated rings. The molecule has 0 unspecified atom stereocenters. The van der Waals surface area contributed by atoms with Gasteiger partial charge in [-0.2, -0.15) is 4.98 Å². The lowest BCUT2D eigenvalue weighted by Gasteiger charge is -2.32. The summed E-state index contributed by atoms with van der Waals surface area (Å²) in [6, 6.07) is 6.59. The van der Waals surface area contributed by atoms with E-state index >= 15 is 0 Å². The van der Waals surface area contributed by atoms with Crippen LogP contribution < -0.4 is 15.4 Å². The number of benzene rings is 1. The third kappa shape index (κ3) is 6.56. The van der Waals surface area contributed by atoms with E-state index in [1.807, 2.05) is 0 Å². The van der Waals surface area contributed by atoms with Gasteiger partial charge in [-0.1, -0.05) is 37.4 Å². The van der Waals surface area contributed by atoms with E-state index in [4.69, 9.17) is 11.6 Å². The molecule has 180 valence electrons. The first-order chi connectivity index (χ1) is 16.0. The summed E-state index contributed by atoms with van der Waals surface area (Å²) < 4.78 is 24.5. The molecule has 2 heterocycles. The molecule has 0 amide bonds. The minimum absolute atomic E-state index is 0.107. The zero-order valence-corrected chi connectivity index (χ0v) is 20.7. The fraction of sp³-hybridized carbons (Fsp3) is 0.565. The summed E-state index contributed by atoms with van der Waals surface area (Å²) in [5, 5.41) is 7.24. The molecule has 3 N–H and O–H groups in total. The maximum Gasteiger partial charge on any atom is 0.229 e. The van der Waals surface area contributed by atoms with Crippen LogP contribution >= 0.6 is 11.6 Å². The number of thiol groups is 1. The third-order valence-electron chi connectivity index (χ3n) is 6.76. The summed E-state index contributed by atoms with van der Waals surface area (Å²) >= 11 is 6.40. The highest BCUT2D eigenvalue weighted by Gasteiger charge is 2.26. The molecule has 1 aliphatic heterocycles. The molecule has 8 nitrogen and oxygen atoms in total. The van der Waals surface area contributed by atoms with Gasteiger partial charge in [0.1, 0.15) is 5.02 Å². The fourth-order valence-corrected chi connectivity index (χ4v) is 5.36. The van der Waals surface area contributed by atoms with Gasteiger partial charge in [0.2, 0.25) is 16.8 Å². The molecule has 4 rings (SSSR count). The lowest BCUT2D eigenvalue weighted by molar-refractivity contribution is 0.303. The lowest BCUT2D eigenvalue weighted by atomic mass is 9.84.